The molecule has 0 saturated carbocycles. The fraction of sp³-hybridized carbons (Fsp3) is 0.143. The van der Waals surface area contributed by atoms with Crippen LogP contribution in [0.3, 0.4) is 0 Å². The number of carbonyl (C=O) groups is 1. The predicted molar refractivity (Wildman–Crippen MR) is 69.4 cm³/mol. The summed E-state index contributed by atoms with van der Waals surface area (Å²) in [6.45, 7) is 0. The number of pyridine rings is 1. The van der Waals surface area contributed by atoms with Crippen molar-refractivity contribution in [3.8, 4) is 0 Å². The zero-order valence-electron chi connectivity index (χ0n) is 9.56. The Kier molecular flexibility index (Phi) is 2.76. The summed E-state index contributed by atoms with van der Waals surface area (Å²) in [6, 6.07) is 9.38. The maximum absolute atomic E-state index is 11.8. The van der Waals surface area contributed by atoms with E-state index in [2.05, 4.69) is 10.3 Å². The zero-order chi connectivity index (χ0) is 12.5. The molecular formula is C14H11ClN2O. The number of rotatable bonds is 1. The third-order valence-corrected chi connectivity index (χ3v) is 3.48. The van der Waals surface area contributed by atoms with Crippen LogP contribution in [-0.4, -0.2) is 10.9 Å². The molecular weight excluding hydrogens is 248 g/mol. The number of nitrogens with zero attached hydrogens (tertiary/aromatic N) is 1. The normalized spacial score (nSPS) is 18.1. The molecule has 3 nitrogen and oxygen atoms in total. The van der Waals surface area contributed by atoms with Gasteiger partial charge in [-0.1, -0.05) is 29.8 Å². The van der Waals surface area contributed by atoms with E-state index in [9.17, 15) is 4.79 Å². The lowest BCUT2D eigenvalue weighted by Crippen LogP contribution is -2.36. The van der Waals surface area contributed by atoms with E-state index in [0.717, 1.165) is 16.7 Å². The molecule has 3 rings (SSSR count). The van der Waals surface area contributed by atoms with E-state index < -0.39 is 0 Å². The Morgan fingerprint density at radius 2 is 2.17 bits per heavy atom. The number of amides is 1. The first-order valence-electron chi connectivity index (χ1n) is 5.72. The third-order valence-electron chi connectivity index (χ3n) is 3.13. The minimum absolute atomic E-state index is 0.00977. The van der Waals surface area contributed by atoms with Crippen molar-refractivity contribution >= 4 is 17.5 Å². The monoisotopic (exact) mass is 258 g/mol. The van der Waals surface area contributed by atoms with Crippen LogP contribution in [0.4, 0.5) is 0 Å². The van der Waals surface area contributed by atoms with E-state index in [1.54, 1.807) is 12.4 Å². The van der Waals surface area contributed by atoms with Gasteiger partial charge in [-0.3, -0.25) is 9.78 Å². The molecule has 0 aliphatic carbocycles. The number of nitrogens with one attached hydrogen (secondary N) is 1. The predicted octanol–water partition coefficient (Wildman–Crippen LogP) is 2.50. The van der Waals surface area contributed by atoms with Crippen molar-refractivity contribution in [2.75, 3.05) is 0 Å². The summed E-state index contributed by atoms with van der Waals surface area (Å²) in [7, 11) is 0. The van der Waals surface area contributed by atoms with Crippen LogP contribution in [0.2, 0.25) is 5.02 Å². The van der Waals surface area contributed by atoms with Crippen LogP contribution in [0.5, 0.6) is 0 Å². The molecule has 90 valence electrons. The first-order chi connectivity index (χ1) is 8.75. The van der Waals surface area contributed by atoms with Gasteiger partial charge < -0.3 is 5.32 Å². The highest BCUT2D eigenvalue weighted by Gasteiger charge is 2.26. The van der Waals surface area contributed by atoms with Crippen molar-refractivity contribution in [2.45, 2.75) is 12.5 Å². The van der Waals surface area contributed by atoms with Gasteiger partial charge in [0.2, 0.25) is 5.91 Å². The van der Waals surface area contributed by atoms with Crippen LogP contribution >= 0.6 is 11.6 Å². The average Bonchev–Trinajstić information content (AvgIpc) is 2.40. The molecule has 18 heavy (non-hydrogen) atoms. The maximum Gasteiger partial charge on any atom is 0.225 e. The first-order valence-corrected chi connectivity index (χ1v) is 6.10. The number of fused-ring (bicyclic) bond motifs is 1. The first kappa shape index (κ1) is 11.2. The summed E-state index contributed by atoms with van der Waals surface area (Å²) < 4.78 is 0. The standard InChI is InChI=1S/C14H11ClN2O/c15-12-5-1-4-10-11(12)7-13(18)17-14(10)9-3-2-6-16-8-9/h1-6,8,14H,7H2,(H,17,18). The summed E-state index contributed by atoms with van der Waals surface area (Å²) in [5, 5.41) is 3.63. The van der Waals surface area contributed by atoms with Gasteiger partial charge in [-0.05, 0) is 28.8 Å². The topological polar surface area (TPSA) is 42.0 Å². The van der Waals surface area contributed by atoms with E-state index in [0.29, 0.717) is 11.4 Å². The van der Waals surface area contributed by atoms with Crippen molar-refractivity contribution in [3.63, 3.8) is 0 Å². The molecule has 1 aliphatic heterocycles. The van der Waals surface area contributed by atoms with Gasteiger partial charge in [0, 0.05) is 17.4 Å². The molecule has 0 spiro atoms. The van der Waals surface area contributed by atoms with Crippen molar-refractivity contribution < 1.29 is 4.79 Å². The van der Waals surface area contributed by atoms with Gasteiger partial charge in [0.25, 0.3) is 0 Å². The second-order valence-electron chi connectivity index (χ2n) is 4.27. The molecule has 0 fully saturated rings. The van der Waals surface area contributed by atoms with Gasteiger partial charge in [0.05, 0.1) is 12.5 Å². The van der Waals surface area contributed by atoms with Crippen LogP contribution in [0.1, 0.15) is 22.7 Å². The van der Waals surface area contributed by atoms with Crippen LogP contribution in [0.15, 0.2) is 42.7 Å². The lowest BCUT2D eigenvalue weighted by atomic mass is 9.90. The molecule has 1 aliphatic rings. The van der Waals surface area contributed by atoms with Gasteiger partial charge in [-0.25, -0.2) is 0 Å². The molecule has 1 amide bonds. The number of carbonyl (C=O) groups excluding carboxylic acids is 1. The molecule has 0 radical (unpaired) electrons. The van der Waals surface area contributed by atoms with E-state index in [1.807, 2.05) is 30.3 Å². The van der Waals surface area contributed by atoms with Gasteiger partial charge in [0.1, 0.15) is 0 Å². The number of hydrogen-bond donors (Lipinski definition) is 1. The quantitative estimate of drug-likeness (QED) is 0.854. The third kappa shape index (κ3) is 1.87. The second kappa shape index (κ2) is 4.42. The van der Waals surface area contributed by atoms with Crippen LogP contribution in [-0.2, 0) is 11.2 Å². The molecule has 1 N–H and O–H groups in total. The van der Waals surface area contributed by atoms with E-state index in [-0.39, 0.29) is 11.9 Å². The second-order valence-corrected chi connectivity index (χ2v) is 4.68. The average molecular weight is 259 g/mol. The highest BCUT2D eigenvalue weighted by Crippen LogP contribution is 2.32. The largest absolute Gasteiger partial charge is 0.345 e. The lowest BCUT2D eigenvalue weighted by molar-refractivity contribution is -0.121. The number of benzene rings is 1. The Labute approximate surface area is 110 Å². The number of aromatic nitrogens is 1. The molecule has 2 aromatic rings. The van der Waals surface area contributed by atoms with E-state index in [1.165, 1.54) is 0 Å². The minimum atomic E-state index is -0.159. The fourth-order valence-corrected chi connectivity index (χ4v) is 2.54. The molecule has 1 unspecified atom stereocenters. The molecule has 1 atom stereocenters. The lowest BCUT2D eigenvalue weighted by Gasteiger charge is -2.27. The zero-order valence-corrected chi connectivity index (χ0v) is 10.3. The molecule has 1 aromatic heterocycles. The highest BCUT2D eigenvalue weighted by molar-refractivity contribution is 6.31. The highest BCUT2D eigenvalue weighted by atomic mass is 35.5. The molecule has 4 heteroatoms. The summed E-state index contributed by atoms with van der Waals surface area (Å²) >= 11 is 6.16. The Balaban J connectivity index is 2.14. The molecule has 1 aromatic carbocycles. The van der Waals surface area contributed by atoms with Gasteiger partial charge in [-0.2, -0.15) is 0 Å². The number of hydrogen-bond acceptors (Lipinski definition) is 2. The summed E-state index contributed by atoms with van der Waals surface area (Å²) in [4.78, 5) is 15.9. The SMILES string of the molecule is O=C1Cc2c(Cl)cccc2C(c2cccnc2)N1. The summed E-state index contributed by atoms with van der Waals surface area (Å²) in [6.07, 6.45) is 3.82. The van der Waals surface area contributed by atoms with Crippen molar-refractivity contribution in [2.24, 2.45) is 0 Å². The van der Waals surface area contributed by atoms with Crippen LogP contribution < -0.4 is 5.32 Å². The fourth-order valence-electron chi connectivity index (χ4n) is 2.29. The molecule has 0 bridgehead atoms. The Morgan fingerprint density at radius 1 is 1.28 bits per heavy atom. The smallest absolute Gasteiger partial charge is 0.225 e. The molecule has 2 heterocycles. The van der Waals surface area contributed by atoms with Crippen molar-refractivity contribution in [1.82, 2.24) is 10.3 Å². The number of halogens is 1. The van der Waals surface area contributed by atoms with E-state index >= 15 is 0 Å². The van der Waals surface area contributed by atoms with Crippen LogP contribution in [0.25, 0.3) is 0 Å². The van der Waals surface area contributed by atoms with Gasteiger partial charge in [-0.15, -0.1) is 0 Å². The van der Waals surface area contributed by atoms with Gasteiger partial charge >= 0.3 is 0 Å². The molecule has 0 saturated heterocycles. The van der Waals surface area contributed by atoms with Crippen molar-refractivity contribution in [3.05, 3.63) is 64.4 Å². The Bertz CT molecular complexity index is 598. The maximum atomic E-state index is 11.8. The van der Waals surface area contributed by atoms with Crippen LogP contribution in [0, 0.1) is 0 Å². The van der Waals surface area contributed by atoms with Crippen molar-refractivity contribution in [1.29, 1.82) is 0 Å². The van der Waals surface area contributed by atoms with Gasteiger partial charge in [0.15, 0.2) is 0 Å². The summed E-state index contributed by atoms with van der Waals surface area (Å²) in [5.41, 5.74) is 2.93. The van der Waals surface area contributed by atoms with E-state index in [4.69, 9.17) is 11.6 Å². The minimum Gasteiger partial charge on any atom is -0.345 e. The summed E-state index contributed by atoms with van der Waals surface area (Å²) in [5.74, 6) is -0.00977. The Morgan fingerprint density at radius 3 is 2.94 bits per heavy atom. The Hall–Kier alpha value is -1.87.